The van der Waals surface area contributed by atoms with Gasteiger partial charge in [-0.3, -0.25) is 0 Å². The van der Waals surface area contributed by atoms with Crippen molar-refractivity contribution in [2.75, 3.05) is 20.1 Å². The molecule has 0 aromatic carbocycles. The molecule has 0 atom stereocenters. The van der Waals surface area contributed by atoms with Crippen LogP contribution in [-0.4, -0.2) is 25.0 Å². The van der Waals surface area contributed by atoms with E-state index < -0.39 is 0 Å². The van der Waals surface area contributed by atoms with Crippen LogP contribution in [0.4, 0.5) is 0 Å². The highest BCUT2D eigenvalue weighted by atomic mass is 16.3. The Kier molecular flexibility index (Phi) is 3.25. The molecule has 0 unspecified atom stereocenters. The lowest BCUT2D eigenvalue weighted by Crippen LogP contribution is -2.30. The van der Waals surface area contributed by atoms with Crippen molar-refractivity contribution in [3.05, 3.63) is 24.2 Å². The molecule has 14 heavy (non-hydrogen) atoms. The van der Waals surface area contributed by atoms with Gasteiger partial charge in [-0.1, -0.05) is 0 Å². The first-order valence-corrected chi connectivity index (χ1v) is 5.55. The van der Waals surface area contributed by atoms with Gasteiger partial charge in [-0.25, -0.2) is 0 Å². The van der Waals surface area contributed by atoms with E-state index in [4.69, 9.17) is 4.42 Å². The molecular formula is C12H19NO. The molecule has 2 heterocycles. The summed E-state index contributed by atoms with van der Waals surface area (Å²) in [6.07, 6.45) is 6.89. The summed E-state index contributed by atoms with van der Waals surface area (Å²) in [6.45, 7) is 2.53. The van der Waals surface area contributed by atoms with Crippen molar-refractivity contribution < 1.29 is 4.42 Å². The molecule has 0 radical (unpaired) electrons. The molecule has 0 spiro atoms. The largest absolute Gasteiger partial charge is 0.469 e. The molecule has 2 rings (SSSR count). The molecular weight excluding hydrogens is 174 g/mol. The number of rotatable bonds is 3. The Labute approximate surface area is 85.9 Å². The maximum absolute atomic E-state index is 5.34. The fraction of sp³-hybridized carbons (Fsp3) is 0.667. The topological polar surface area (TPSA) is 16.4 Å². The molecule has 1 saturated heterocycles. The number of hydrogen-bond acceptors (Lipinski definition) is 2. The molecule has 0 bridgehead atoms. The third-order valence-corrected chi connectivity index (χ3v) is 3.22. The molecule has 0 amide bonds. The van der Waals surface area contributed by atoms with Gasteiger partial charge in [-0.05, 0) is 57.5 Å². The Balaban J connectivity index is 1.71. The summed E-state index contributed by atoms with van der Waals surface area (Å²) in [7, 11) is 2.21. The van der Waals surface area contributed by atoms with Crippen LogP contribution in [0.5, 0.6) is 0 Å². The molecule has 0 saturated carbocycles. The van der Waals surface area contributed by atoms with Crippen LogP contribution in [-0.2, 0) is 6.42 Å². The van der Waals surface area contributed by atoms with E-state index in [0.29, 0.717) is 0 Å². The number of nitrogens with zero attached hydrogens (tertiary/aromatic N) is 1. The van der Waals surface area contributed by atoms with Crippen molar-refractivity contribution in [3.8, 4) is 0 Å². The van der Waals surface area contributed by atoms with Crippen LogP contribution in [0.25, 0.3) is 0 Å². The number of furan rings is 1. The maximum Gasteiger partial charge on any atom is 0.103 e. The molecule has 1 aromatic rings. The Morgan fingerprint density at radius 1 is 1.43 bits per heavy atom. The van der Waals surface area contributed by atoms with Gasteiger partial charge in [0.15, 0.2) is 0 Å². The smallest absolute Gasteiger partial charge is 0.103 e. The monoisotopic (exact) mass is 193 g/mol. The highest BCUT2D eigenvalue weighted by molar-refractivity contribution is 4.98. The van der Waals surface area contributed by atoms with Gasteiger partial charge in [0.05, 0.1) is 6.26 Å². The first kappa shape index (κ1) is 9.78. The van der Waals surface area contributed by atoms with Gasteiger partial charge in [0.2, 0.25) is 0 Å². The molecule has 2 heteroatoms. The predicted molar refractivity (Wildman–Crippen MR) is 57.3 cm³/mol. The Bertz CT molecular complexity index is 247. The third kappa shape index (κ3) is 2.61. The summed E-state index contributed by atoms with van der Waals surface area (Å²) < 4.78 is 5.34. The Morgan fingerprint density at radius 2 is 2.21 bits per heavy atom. The van der Waals surface area contributed by atoms with E-state index >= 15 is 0 Å². The van der Waals surface area contributed by atoms with E-state index in [0.717, 1.165) is 18.1 Å². The first-order chi connectivity index (χ1) is 6.84. The lowest BCUT2D eigenvalue weighted by atomic mass is 9.92. The van der Waals surface area contributed by atoms with E-state index in [2.05, 4.69) is 18.0 Å². The quantitative estimate of drug-likeness (QED) is 0.733. The summed E-state index contributed by atoms with van der Waals surface area (Å²) in [5.74, 6) is 2.06. The molecule has 2 nitrogen and oxygen atoms in total. The second-order valence-corrected chi connectivity index (χ2v) is 4.36. The van der Waals surface area contributed by atoms with E-state index in [1.807, 2.05) is 6.07 Å². The maximum atomic E-state index is 5.34. The molecule has 78 valence electrons. The summed E-state index contributed by atoms with van der Waals surface area (Å²) in [5, 5.41) is 0. The first-order valence-electron chi connectivity index (χ1n) is 5.55. The van der Waals surface area contributed by atoms with E-state index in [1.54, 1.807) is 6.26 Å². The minimum absolute atomic E-state index is 0.913. The van der Waals surface area contributed by atoms with E-state index in [-0.39, 0.29) is 0 Å². The zero-order chi connectivity index (χ0) is 9.80. The van der Waals surface area contributed by atoms with E-state index in [9.17, 15) is 0 Å². The predicted octanol–water partition coefficient (Wildman–Crippen LogP) is 2.55. The van der Waals surface area contributed by atoms with Crippen molar-refractivity contribution in [1.29, 1.82) is 0 Å². The van der Waals surface area contributed by atoms with Crippen LogP contribution in [0.3, 0.4) is 0 Å². The van der Waals surface area contributed by atoms with Gasteiger partial charge in [0.25, 0.3) is 0 Å². The van der Waals surface area contributed by atoms with Gasteiger partial charge < -0.3 is 9.32 Å². The summed E-state index contributed by atoms with van der Waals surface area (Å²) in [4.78, 5) is 2.42. The summed E-state index contributed by atoms with van der Waals surface area (Å²) >= 11 is 0. The zero-order valence-corrected chi connectivity index (χ0v) is 8.91. The lowest BCUT2D eigenvalue weighted by Gasteiger charge is -2.28. The number of likely N-dealkylation sites (tertiary alicyclic amines) is 1. The molecule has 1 aliphatic rings. The number of hydrogen-bond donors (Lipinski definition) is 0. The highest BCUT2D eigenvalue weighted by Gasteiger charge is 2.16. The number of piperidine rings is 1. The second kappa shape index (κ2) is 4.65. The van der Waals surface area contributed by atoms with Gasteiger partial charge >= 0.3 is 0 Å². The van der Waals surface area contributed by atoms with Crippen LogP contribution in [0.2, 0.25) is 0 Å². The van der Waals surface area contributed by atoms with Crippen molar-refractivity contribution in [2.45, 2.75) is 25.7 Å². The standard InChI is InChI=1S/C12H19NO/c1-13-8-6-11(7-9-13)4-5-12-3-2-10-14-12/h2-3,10-11H,4-9H2,1H3. The normalized spacial score (nSPS) is 20.1. The molecule has 1 aliphatic heterocycles. The van der Waals surface area contributed by atoms with Crippen molar-refractivity contribution in [3.63, 3.8) is 0 Å². The van der Waals surface area contributed by atoms with Crippen LogP contribution >= 0.6 is 0 Å². The van der Waals surface area contributed by atoms with Crippen molar-refractivity contribution in [2.24, 2.45) is 5.92 Å². The minimum atomic E-state index is 0.913. The Hall–Kier alpha value is -0.760. The fourth-order valence-corrected chi connectivity index (χ4v) is 2.15. The molecule has 0 aliphatic carbocycles. The SMILES string of the molecule is CN1CCC(CCc2ccco2)CC1. The number of aryl methyl sites for hydroxylation is 1. The van der Waals surface area contributed by atoms with E-state index in [1.165, 1.54) is 32.4 Å². The van der Waals surface area contributed by atoms with Crippen molar-refractivity contribution in [1.82, 2.24) is 4.90 Å². The lowest BCUT2D eigenvalue weighted by molar-refractivity contribution is 0.211. The van der Waals surface area contributed by atoms with Gasteiger partial charge in [-0.15, -0.1) is 0 Å². The van der Waals surface area contributed by atoms with Crippen LogP contribution in [0.15, 0.2) is 22.8 Å². The zero-order valence-electron chi connectivity index (χ0n) is 8.91. The highest BCUT2D eigenvalue weighted by Crippen LogP contribution is 2.21. The van der Waals surface area contributed by atoms with Gasteiger partial charge in [0.1, 0.15) is 5.76 Å². The average Bonchev–Trinajstić information content (AvgIpc) is 2.70. The Morgan fingerprint density at radius 3 is 2.86 bits per heavy atom. The summed E-state index contributed by atoms with van der Waals surface area (Å²) in [5.41, 5.74) is 0. The minimum Gasteiger partial charge on any atom is -0.469 e. The van der Waals surface area contributed by atoms with Crippen molar-refractivity contribution >= 4 is 0 Å². The molecule has 0 N–H and O–H groups in total. The van der Waals surface area contributed by atoms with Gasteiger partial charge in [0, 0.05) is 6.42 Å². The fourth-order valence-electron chi connectivity index (χ4n) is 2.15. The second-order valence-electron chi connectivity index (χ2n) is 4.36. The van der Waals surface area contributed by atoms with Crippen LogP contribution in [0.1, 0.15) is 25.0 Å². The molecule has 1 fully saturated rings. The summed E-state index contributed by atoms with van der Waals surface area (Å²) in [6, 6.07) is 4.05. The molecule has 1 aromatic heterocycles. The average molecular weight is 193 g/mol. The van der Waals surface area contributed by atoms with Crippen LogP contribution < -0.4 is 0 Å². The third-order valence-electron chi connectivity index (χ3n) is 3.22. The van der Waals surface area contributed by atoms with Gasteiger partial charge in [-0.2, -0.15) is 0 Å². The van der Waals surface area contributed by atoms with Crippen LogP contribution in [0, 0.1) is 5.92 Å².